The van der Waals surface area contributed by atoms with Crippen LogP contribution in [0.25, 0.3) is 0 Å². The number of rotatable bonds is 9. The van der Waals surface area contributed by atoms with Gasteiger partial charge in [-0.05, 0) is 50.5 Å². The molecule has 0 saturated heterocycles. The lowest BCUT2D eigenvalue weighted by atomic mass is 10.0. The second-order valence-electron chi connectivity index (χ2n) is 6.77. The van der Waals surface area contributed by atoms with Gasteiger partial charge in [-0.3, -0.25) is 4.79 Å². The van der Waals surface area contributed by atoms with Crippen LogP contribution >= 0.6 is 0 Å². The smallest absolute Gasteiger partial charge is 0.163 e. The van der Waals surface area contributed by atoms with Crippen molar-refractivity contribution in [2.45, 2.75) is 47.0 Å². The fourth-order valence-corrected chi connectivity index (χ4v) is 2.96. The maximum atomic E-state index is 11.6. The summed E-state index contributed by atoms with van der Waals surface area (Å²) >= 11 is 0. The third-order valence-corrected chi connectivity index (χ3v) is 4.49. The minimum absolute atomic E-state index is 0.0313. The zero-order valence-corrected chi connectivity index (χ0v) is 16.6. The van der Waals surface area contributed by atoms with Crippen LogP contribution in [0.5, 0.6) is 17.2 Å². The summed E-state index contributed by atoms with van der Waals surface area (Å²) in [5.74, 6) is 1.28. The van der Waals surface area contributed by atoms with E-state index in [1.54, 1.807) is 12.1 Å². The Morgan fingerprint density at radius 2 is 1.74 bits per heavy atom. The average Bonchev–Trinajstić information content (AvgIpc) is 2.61. The summed E-state index contributed by atoms with van der Waals surface area (Å²) in [7, 11) is 0. The van der Waals surface area contributed by atoms with E-state index in [1.807, 2.05) is 32.9 Å². The topological polar surface area (TPSA) is 81.8 Å². The minimum atomic E-state index is -0.155. The second-order valence-corrected chi connectivity index (χ2v) is 6.77. The SMILES string of the molecule is CCCc1c(OCCCOc2cc(N)c(C)cc2C)ccc(C(C)=O)c1O. The number of phenolic OH excluding ortho intramolecular Hbond substituents is 1. The number of hydrogen-bond acceptors (Lipinski definition) is 5. The number of benzene rings is 2. The van der Waals surface area contributed by atoms with Crippen LogP contribution in [0.15, 0.2) is 24.3 Å². The second kappa shape index (κ2) is 9.31. The monoisotopic (exact) mass is 371 g/mol. The molecular formula is C22H29NO4. The molecule has 27 heavy (non-hydrogen) atoms. The van der Waals surface area contributed by atoms with Crippen LogP contribution in [-0.4, -0.2) is 24.1 Å². The Labute approximate surface area is 161 Å². The van der Waals surface area contributed by atoms with Gasteiger partial charge in [0.25, 0.3) is 0 Å². The van der Waals surface area contributed by atoms with Crippen molar-refractivity contribution >= 4 is 11.5 Å². The molecule has 0 aromatic heterocycles. The first-order valence-electron chi connectivity index (χ1n) is 9.33. The van der Waals surface area contributed by atoms with Crippen molar-refractivity contribution in [2.24, 2.45) is 0 Å². The molecular weight excluding hydrogens is 342 g/mol. The Morgan fingerprint density at radius 1 is 1.07 bits per heavy atom. The molecule has 2 aromatic rings. The van der Waals surface area contributed by atoms with E-state index in [9.17, 15) is 9.90 Å². The quantitative estimate of drug-likeness (QED) is 0.383. The number of nitrogens with two attached hydrogens (primary N) is 1. The predicted molar refractivity (Wildman–Crippen MR) is 108 cm³/mol. The number of ether oxygens (including phenoxy) is 2. The number of phenols is 1. The van der Waals surface area contributed by atoms with Gasteiger partial charge in [-0.1, -0.05) is 19.4 Å². The lowest BCUT2D eigenvalue weighted by Gasteiger charge is -2.15. The van der Waals surface area contributed by atoms with Gasteiger partial charge in [-0.25, -0.2) is 0 Å². The van der Waals surface area contributed by atoms with Crippen LogP contribution in [0.1, 0.15) is 53.7 Å². The Hall–Kier alpha value is -2.69. The number of ketones is 1. The van der Waals surface area contributed by atoms with Crippen molar-refractivity contribution < 1.29 is 19.4 Å². The maximum absolute atomic E-state index is 11.6. The molecule has 2 rings (SSSR count). The number of Topliss-reactive ketones (excluding diaryl/α,β-unsaturated/α-hetero) is 1. The van der Waals surface area contributed by atoms with Crippen LogP contribution in [0.4, 0.5) is 5.69 Å². The molecule has 0 amide bonds. The Balaban J connectivity index is 1.94. The van der Waals surface area contributed by atoms with Gasteiger partial charge < -0.3 is 20.3 Å². The number of carbonyl (C=O) groups is 1. The van der Waals surface area contributed by atoms with Gasteiger partial charge in [0.05, 0.1) is 18.8 Å². The number of nitrogen functional groups attached to an aromatic ring is 1. The van der Waals surface area contributed by atoms with E-state index in [0.717, 1.165) is 29.0 Å². The van der Waals surface area contributed by atoms with Crippen LogP contribution in [0.2, 0.25) is 0 Å². The van der Waals surface area contributed by atoms with E-state index >= 15 is 0 Å². The number of hydrogen-bond donors (Lipinski definition) is 2. The summed E-state index contributed by atoms with van der Waals surface area (Å²) in [6, 6.07) is 7.23. The molecule has 0 unspecified atom stereocenters. The maximum Gasteiger partial charge on any atom is 0.163 e. The van der Waals surface area contributed by atoms with Gasteiger partial charge in [-0.2, -0.15) is 0 Å². The van der Waals surface area contributed by atoms with Crippen molar-refractivity contribution in [2.75, 3.05) is 18.9 Å². The molecule has 0 aliphatic rings. The summed E-state index contributed by atoms with van der Waals surface area (Å²) in [6.07, 6.45) is 2.19. The minimum Gasteiger partial charge on any atom is -0.507 e. The van der Waals surface area contributed by atoms with Crippen LogP contribution < -0.4 is 15.2 Å². The highest BCUT2D eigenvalue weighted by Gasteiger charge is 2.15. The number of carbonyl (C=O) groups excluding carboxylic acids is 1. The molecule has 5 heteroatoms. The zero-order valence-electron chi connectivity index (χ0n) is 16.6. The molecule has 0 atom stereocenters. The van der Waals surface area contributed by atoms with Crippen molar-refractivity contribution in [3.05, 3.63) is 46.5 Å². The van der Waals surface area contributed by atoms with Gasteiger partial charge in [-0.15, -0.1) is 0 Å². The fraction of sp³-hybridized carbons (Fsp3) is 0.409. The normalized spacial score (nSPS) is 10.7. The summed E-state index contributed by atoms with van der Waals surface area (Å²) in [4.78, 5) is 11.6. The third kappa shape index (κ3) is 5.16. The molecule has 0 bridgehead atoms. The molecule has 0 aliphatic carbocycles. The van der Waals surface area contributed by atoms with E-state index in [2.05, 4.69) is 0 Å². The number of aromatic hydroxyl groups is 1. The van der Waals surface area contributed by atoms with E-state index < -0.39 is 0 Å². The Kier molecular flexibility index (Phi) is 7.11. The lowest BCUT2D eigenvalue weighted by molar-refractivity contribution is 0.101. The highest BCUT2D eigenvalue weighted by molar-refractivity contribution is 5.97. The Bertz CT molecular complexity index is 814. The standard InChI is InChI=1S/C22H29NO4/c1-5-7-18-20(9-8-17(16(4)24)22(18)25)26-10-6-11-27-21-13-19(23)14(2)12-15(21)3/h8-9,12-13,25H,5-7,10-11,23H2,1-4H3. The van der Waals surface area contributed by atoms with Crippen molar-refractivity contribution in [3.8, 4) is 17.2 Å². The molecule has 0 heterocycles. The fourth-order valence-electron chi connectivity index (χ4n) is 2.96. The summed E-state index contributed by atoms with van der Waals surface area (Å²) in [6.45, 7) is 8.39. The van der Waals surface area contributed by atoms with Crippen molar-refractivity contribution in [3.63, 3.8) is 0 Å². The highest BCUT2D eigenvalue weighted by atomic mass is 16.5. The first kappa shape index (κ1) is 20.6. The zero-order chi connectivity index (χ0) is 20.0. The van der Waals surface area contributed by atoms with Crippen molar-refractivity contribution in [1.29, 1.82) is 0 Å². The largest absolute Gasteiger partial charge is 0.507 e. The molecule has 0 aliphatic heterocycles. The van der Waals surface area contributed by atoms with Crippen molar-refractivity contribution in [1.82, 2.24) is 0 Å². The number of aryl methyl sites for hydroxylation is 2. The molecule has 0 saturated carbocycles. The van der Waals surface area contributed by atoms with E-state index in [1.165, 1.54) is 6.92 Å². The van der Waals surface area contributed by atoms with Crippen LogP contribution in [-0.2, 0) is 6.42 Å². The van der Waals surface area contributed by atoms with Gasteiger partial charge in [0.15, 0.2) is 5.78 Å². The van der Waals surface area contributed by atoms with Gasteiger partial charge in [0.1, 0.15) is 17.2 Å². The molecule has 5 nitrogen and oxygen atoms in total. The predicted octanol–water partition coefficient (Wildman–Crippen LogP) is 4.59. The van der Waals surface area contributed by atoms with E-state index in [4.69, 9.17) is 15.2 Å². The first-order valence-corrected chi connectivity index (χ1v) is 9.33. The molecule has 0 radical (unpaired) electrons. The highest BCUT2D eigenvalue weighted by Crippen LogP contribution is 2.33. The molecule has 2 aromatic carbocycles. The van der Waals surface area contributed by atoms with E-state index in [0.29, 0.717) is 42.9 Å². The lowest BCUT2D eigenvalue weighted by Crippen LogP contribution is -2.08. The summed E-state index contributed by atoms with van der Waals surface area (Å²) in [5.41, 5.74) is 9.77. The summed E-state index contributed by atoms with van der Waals surface area (Å²) < 4.78 is 11.6. The average molecular weight is 371 g/mol. The molecule has 3 N–H and O–H groups in total. The molecule has 0 fully saturated rings. The molecule has 0 spiro atoms. The summed E-state index contributed by atoms with van der Waals surface area (Å²) in [5, 5.41) is 10.4. The van der Waals surface area contributed by atoms with Gasteiger partial charge in [0.2, 0.25) is 0 Å². The van der Waals surface area contributed by atoms with Crippen LogP contribution in [0, 0.1) is 13.8 Å². The molecule has 146 valence electrons. The van der Waals surface area contributed by atoms with E-state index in [-0.39, 0.29) is 11.5 Å². The van der Waals surface area contributed by atoms with Crippen LogP contribution in [0.3, 0.4) is 0 Å². The third-order valence-electron chi connectivity index (χ3n) is 4.49. The van der Waals surface area contributed by atoms with Gasteiger partial charge in [0, 0.05) is 23.7 Å². The Morgan fingerprint density at radius 3 is 2.37 bits per heavy atom. The van der Waals surface area contributed by atoms with Gasteiger partial charge >= 0.3 is 0 Å². The number of anilines is 1. The first-order chi connectivity index (χ1) is 12.8.